The minimum Gasteiger partial charge on any atom is -0.453 e. The third-order valence-corrected chi connectivity index (χ3v) is 7.65. The smallest absolute Gasteiger partial charge is 0.411 e. The second-order valence-corrected chi connectivity index (χ2v) is 9.56. The van der Waals surface area contributed by atoms with Crippen molar-refractivity contribution in [1.82, 2.24) is 9.80 Å². The molecule has 3 aliphatic heterocycles. The Balaban J connectivity index is 0.00000259. The van der Waals surface area contributed by atoms with Crippen molar-refractivity contribution >= 4 is 53.2 Å². The van der Waals surface area contributed by atoms with E-state index in [-0.39, 0.29) is 18.3 Å². The lowest BCUT2D eigenvalue weighted by atomic mass is 10.1. The van der Waals surface area contributed by atoms with Crippen LogP contribution in [-0.4, -0.2) is 67.7 Å². The predicted octanol–water partition coefficient (Wildman–Crippen LogP) is 4.59. The molecule has 1 N–H and O–H groups in total. The van der Waals surface area contributed by atoms with Crippen molar-refractivity contribution in [3.8, 4) is 0 Å². The second-order valence-electron chi connectivity index (χ2n) is 8.48. The number of halogens is 1. The quantitative estimate of drug-likeness (QED) is 0.679. The fraction of sp³-hybridized carbons (Fsp3) is 0.417. The summed E-state index contributed by atoms with van der Waals surface area (Å²) < 4.78 is 4.72. The van der Waals surface area contributed by atoms with Gasteiger partial charge < -0.3 is 4.74 Å². The maximum Gasteiger partial charge on any atom is 0.411 e. The molecule has 9 heteroatoms. The molecule has 3 aliphatic rings. The molecule has 3 heterocycles. The number of amides is 2. The highest BCUT2D eigenvalue weighted by atomic mass is 35.5. The van der Waals surface area contributed by atoms with Crippen molar-refractivity contribution < 1.29 is 14.3 Å². The lowest BCUT2D eigenvalue weighted by molar-refractivity contribution is -0.118. The normalized spacial score (nSPS) is 19.7. The third kappa shape index (κ3) is 4.99. The summed E-state index contributed by atoms with van der Waals surface area (Å²) in [6.45, 7) is 5.18. The average molecular weight is 489 g/mol. The number of piperazine rings is 1. The van der Waals surface area contributed by atoms with E-state index in [9.17, 15) is 9.59 Å². The average Bonchev–Trinajstić information content (AvgIpc) is 3.29. The van der Waals surface area contributed by atoms with Crippen LogP contribution in [0.5, 0.6) is 0 Å². The number of benzene rings is 2. The molecule has 7 nitrogen and oxygen atoms in total. The highest BCUT2D eigenvalue weighted by Crippen LogP contribution is 2.49. The minimum absolute atomic E-state index is 0. The Hall–Kier alpha value is -2.26. The summed E-state index contributed by atoms with van der Waals surface area (Å²) in [4.78, 5) is 34.1. The summed E-state index contributed by atoms with van der Waals surface area (Å²) in [7, 11) is 1.33. The van der Waals surface area contributed by atoms with Gasteiger partial charge in [-0.05, 0) is 49.7 Å². The lowest BCUT2D eigenvalue weighted by Gasteiger charge is -2.38. The molecule has 33 heavy (non-hydrogen) atoms. The van der Waals surface area contributed by atoms with Gasteiger partial charge in [-0.15, -0.1) is 12.4 Å². The largest absolute Gasteiger partial charge is 0.453 e. The summed E-state index contributed by atoms with van der Waals surface area (Å²) in [5, 5.41) is 2.71. The summed E-state index contributed by atoms with van der Waals surface area (Å²) in [5.74, 6) is 0.0723. The fourth-order valence-corrected chi connectivity index (χ4v) is 5.93. The van der Waals surface area contributed by atoms with E-state index >= 15 is 0 Å². The van der Waals surface area contributed by atoms with Crippen LogP contribution in [0.25, 0.3) is 0 Å². The fourth-order valence-electron chi connectivity index (χ4n) is 4.89. The Morgan fingerprint density at radius 2 is 1.91 bits per heavy atom. The molecule has 1 atom stereocenters. The number of hydrogen-bond donors (Lipinski definition) is 1. The Bertz CT molecular complexity index is 1040. The first-order chi connectivity index (χ1) is 15.6. The van der Waals surface area contributed by atoms with Gasteiger partial charge in [0.25, 0.3) is 0 Å². The Morgan fingerprint density at radius 1 is 1.09 bits per heavy atom. The monoisotopic (exact) mass is 488 g/mol. The van der Waals surface area contributed by atoms with Crippen LogP contribution in [0.15, 0.2) is 52.3 Å². The third-order valence-electron chi connectivity index (χ3n) is 6.52. The number of carbonyl (C=O) groups excluding carboxylic acids is 2. The number of anilines is 3. The van der Waals surface area contributed by atoms with Crippen LogP contribution in [-0.2, 0) is 9.53 Å². The van der Waals surface area contributed by atoms with Gasteiger partial charge in [-0.25, -0.2) is 4.79 Å². The summed E-state index contributed by atoms with van der Waals surface area (Å²) in [5.41, 5.74) is 2.30. The van der Waals surface area contributed by atoms with E-state index in [1.807, 2.05) is 47.4 Å². The zero-order chi connectivity index (χ0) is 22.1. The molecule has 0 aromatic heterocycles. The van der Waals surface area contributed by atoms with E-state index in [2.05, 4.69) is 15.1 Å². The molecule has 2 aromatic rings. The highest BCUT2D eigenvalue weighted by Gasteiger charge is 2.32. The van der Waals surface area contributed by atoms with E-state index in [0.29, 0.717) is 18.2 Å². The van der Waals surface area contributed by atoms with Crippen molar-refractivity contribution in [1.29, 1.82) is 0 Å². The lowest BCUT2D eigenvalue weighted by Crippen LogP contribution is -2.50. The number of hydrogen-bond acceptors (Lipinski definition) is 6. The molecule has 0 aliphatic carbocycles. The van der Waals surface area contributed by atoms with Crippen LogP contribution in [0.2, 0.25) is 0 Å². The van der Waals surface area contributed by atoms with E-state index in [1.54, 1.807) is 11.8 Å². The molecular formula is C24H29ClN4O3S. The second kappa shape index (κ2) is 10.3. The van der Waals surface area contributed by atoms with Crippen LogP contribution in [0, 0.1) is 0 Å². The molecule has 0 spiro atoms. The first kappa shape index (κ1) is 23.9. The maximum atomic E-state index is 13.6. The Morgan fingerprint density at radius 3 is 2.76 bits per heavy atom. The zero-order valence-electron chi connectivity index (χ0n) is 18.7. The molecular weight excluding hydrogens is 460 g/mol. The van der Waals surface area contributed by atoms with Crippen LogP contribution in [0.1, 0.15) is 19.3 Å². The molecule has 2 saturated heterocycles. The molecule has 0 bridgehead atoms. The van der Waals surface area contributed by atoms with E-state index < -0.39 is 6.09 Å². The Labute approximate surface area is 204 Å². The molecule has 2 fully saturated rings. The van der Waals surface area contributed by atoms with Crippen LogP contribution in [0.4, 0.5) is 21.9 Å². The van der Waals surface area contributed by atoms with Gasteiger partial charge in [-0.1, -0.05) is 23.9 Å². The molecule has 5 rings (SSSR count). The van der Waals surface area contributed by atoms with Crippen molar-refractivity contribution in [3.63, 3.8) is 0 Å². The first-order valence-corrected chi connectivity index (χ1v) is 12.0. The molecule has 176 valence electrons. The topological polar surface area (TPSA) is 65.1 Å². The number of methoxy groups -OCH3 is 1. The number of rotatable bonds is 4. The first-order valence-electron chi connectivity index (χ1n) is 11.2. The number of ether oxygens (including phenoxy) is 1. The van der Waals surface area contributed by atoms with Crippen LogP contribution >= 0.6 is 24.2 Å². The number of fused-ring (bicyclic) bond motifs is 3. The van der Waals surface area contributed by atoms with Crippen molar-refractivity contribution in [2.24, 2.45) is 0 Å². The zero-order valence-corrected chi connectivity index (χ0v) is 20.3. The van der Waals surface area contributed by atoms with Crippen LogP contribution < -0.4 is 10.2 Å². The molecule has 0 saturated carbocycles. The number of carbonyl (C=O) groups is 2. The van der Waals surface area contributed by atoms with Gasteiger partial charge in [0.15, 0.2) is 0 Å². The van der Waals surface area contributed by atoms with Gasteiger partial charge in [0.05, 0.1) is 18.5 Å². The summed E-state index contributed by atoms with van der Waals surface area (Å²) in [6.07, 6.45) is 2.49. The number of nitrogens with one attached hydrogen (secondary N) is 1. The number of para-hydroxylation sites is 1. The van der Waals surface area contributed by atoms with Crippen molar-refractivity contribution in [2.75, 3.05) is 50.1 Å². The Kier molecular flexibility index (Phi) is 7.48. The van der Waals surface area contributed by atoms with Crippen molar-refractivity contribution in [2.45, 2.75) is 35.1 Å². The predicted molar refractivity (Wildman–Crippen MR) is 133 cm³/mol. The van der Waals surface area contributed by atoms with Gasteiger partial charge >= 0.3 is 6.09 Å². The summed E-state index contributed by atoms with van der Waals surface area (Å²) in [6, 6.07) is 14.3. The van der Waals surface area contributed by atoms with E-state index in [0.717, 1.165) is 47.3 Å². The van der Waals surface area contributed by atoms with Gasteiger partial charge in [0.1, 0.15) is 0 Å². The van der Waals surface area contributed by atoms with Gasteiger partial charge in [-0.3, -0.25) is 24.8 Å². The molecule has 2 amide bonds. The maximum absolute atomic E-state index is 13.6. The standard InChI is InChI=1S/C24H28N4O3S.ClH/c1-31-24(30)25-17-8-9-22-20(15-17)28(19-6-2-3-7-21(19)32-22)23(29)10-12-26-13-14-27-11-4-5-18(27)16-26;/h2-3,6-9,15,18H,4-5,10-14,16H2,1H3,(H,25,30);1H. The SMILES string of the molecule is COC(=O)Nc1ccc2c(c1)N(C(=O)CCN1CCN3CCCC3C1)c1ccccc1S2.Cl. The van der Waals surface area contributed by atoms with Crippen LogP contribution in [0.3, 0.4) is 0 Å². The molecule has 1 unspecified atom stereocenters. The van der Waals surface area contributed by atoms with Gasteiger partial charge in [0, 0.05) is 54.1 Å². The minimum atomic E-state index is -0.530. The number of nitrogens with zero attached hydrogens (tertiary/aromatic N) is 3. The summed E-state index contributed by atoms with van der Waals surface area (Å²) >= 11 is 1.64. The molecule has 0 radical (unpaired) electrons. The van der Waals surface area contributed by atoms with Gasteiger partial charge in [-0.2, -0.15) is 0 Å². The highest BCUT2D eigenvalue weighted by molar-refractivity contribution is 7.99. The van der Waals surface area contributed by atoms with E-state index in [4.69, 9.17) is 4.74 Å². The molecule has 2 aromatic carbocycles. The van der Waals surface area contributed by atoms with Crippen molar-refractivity contribution in [3.05, 3.63) is 42.5 Å². The van der Waals surface area contributed by atoms with Gasteiger partial charge in [0.2, 0.25) is 5.91 Å². The van der Waals surface area contributed by atoms with E-state index in [1.165, 1.54) is 26.5 Å².